The van der Waals surface area contributed by atoms with Crippen LogP contribution in [0.15, 0.2) is 29.2 Å². The van der Waals surface area contributed by atoms with E-state index in [1.54, 1.807) is 38.1 Å². The van der Waals surface area contributed by atoms with Crippen molar-refractivity contribution < 1.29 is 13.7 Å². The van der Waals surface area contributed by atoms with Crippen molar-refractivity contribution in [3.05, 3.63) is 24.3 Å². The van der Waals surface area contributed by atoms with Gasteiger partial charge in [0.2, 0.25) is 0 Å². The quantitative estimate of drug-likeness (QED) is 0.790. The normalized spacial score (nSPS) is 13.2. The Labute approximate surface area is 97.6 Å². The average molecular weight is 241 g/mol. The number of nitrogens with one attached hydrogen (secondary N) is 1. The van der Waals surface area contributed by atoms with Crippen LogP contribution in [0, 0.1) is 0 Å². The van der Waals surface area contributed by atoms with Crippen LogP contribution in [0.4, 0.5) is 0 Å². The van der Waals surface area contributed by atoms with Gasteiger partial charge >= 0.3 is 0 Å². The highest BCUT2D eigenvalue weighted by Gasteiger charge is 2.21. The van der Waals surface area contributed by atoms with E-state index in [0.29, 0.717) is 10.6 Å². The van der Waals surface area contributed by atoms with Gasteiger partial charge in [-0.15, -0.1) is 0 Å². The Morgan fingerprint density at radius 3 is 2.56 bits per heavy atom. The van der Waals surface area contributed by atoms with E-state index < -0.39 is 16.5 Å². The highest BCUT2D eigenvalue weighted by molar-refractivity contribution is 7.83. The van der Waals surface area contributed by atoms with Crippen molar-refractivity contribution >= 4 is 17.3 Å². The van der Waals surface area contributed by atoms with Crippen LogP contribution in [0.2, 0.25) is 0 Å². The molecule has 0 amide bonds. The lowest BCUT2D eigenvalue weighted by atomic mass is 10.1. The molecule has 0 saturated carbocycles. The van der Waals surface area contributed by atoms with E-state index in [1.165, 1.54) is 7.11 Å². The van der Waals surface area contributed by atoms with Crippen LogP contribution in [0.25, 0.3) is 0 Å². The van der Waals surface area contributed by atoms with Crippen LogP contribution in [0.3, 0.4) is 0 Å². The van der Waals surface area contributed by atoms with Gasteiger partial charge in [-0.25, -0.2) is 8.93 Å². The molecular formula is C11H15NO3S. The molecule has 0 aliphatic carbocycles. The molecule has 0 spiro atoms. The molecule has 0 aliphatic rings. The maximum Gasteiger partial charge on any atom is 0.140 e. The van der Waals surface area contributed by atoms with Gasteiger partial charge in [-0.3, -0.25) is 0 Å². The summed E-state index contributed by atoms with van der Waals surface area (Å²) in [7, 11) is 0.0444. The van der Waals surface area contributed by atoms with Crippen molar-refractivity contribution in [1.29, 1.82) is 0 Å². The summed E-state index contributed by atoms with van der Waals surface area (Å²) in [4.78, 5) is 11.2. The second kappa shape index (κ2) is 5.23. The van der Waals surface area contributed by atoms with Gasteiger partial charge in [0, 0.05) is 0 Å². The predicted molar refractivity (Wildman–Crippen MR) is 62.7 cm³/mol. The number of carbonyl (C=O) groups is 1. The van der Waals surface area contributed by atoms with Crippen LogP contribution in [-0.2, 0) is 15.8 Å². The molecule has 1 atom stereocenters. The highest BCUT2D eigenvalue weighted by atomic mass is 32.2. The van der Waals surface area contributed by atoms with Crippen molar-refractivity contribution in [2.24, 2.45) is 0 Å². The molecule has 0 saturated heterocycles. The number of rotatable bonds is 5. The van der Waals surface area contributed by atoms with Gasteiger partial charge in [-0.05, 0) is 26.0 Å². The van der Waals surface area contributed by atoms with Crippen molar-refractivity contribution in [1.82, 2.24) is 4.72 Å². The van der Waals surface area contributed by atoms with E-state index in [4.69, 9.17) is 4.74 Å². The number of aldehydes is 1. The standard InChI is InChI=1S/C11H15NO3S/c1-11(2,8-13)12-16(14)10-7-5-4-6-9(10)15-3/h4-8,12H,1-3H3. The number of methoxy groups -OCH3 is 1. The first-order valence-electron chi connectivity index (χ1n) is 4.79. The predicted octanol–water partition coefficient (Wildman–Crippen LogP) is 1.28. The van der Waals surface area contributed by atoms with Gasteiger partial charge in [0.05, 0.1) is 17.5 Å². The molecule has 1 aromatic rings. The Morgan fingerprint density at radius 1 is 1.38 bits per heavy atom. The zero-order valence-corrected chi connectivity index (χ0v) is 10.3. The number of para-hydroxylation sites is 1. The van der Waals surface area contributed by atoms with E-state index in [9.17, 15) is 9.00 Å². The van der Waals surface area contributed by atoms with Crippen LogP contribution >= 0.6 is 0 Å². The molecule has 4 nitrogen and oxygen atoms in total. The first-order chi connectivity index (χ1) is 7.50. The molecule has 0 bridgehead atoms. The van der Waals surface area contributed by atoms with Crippen molar-refractivity contribution in [3.8, 4) is 5.75 Å². The lowest BCUT2D eigenvalue weighted by Gasteiger charge is -2.18. The summed E-state index contributed by atoms with van der Waals surface area (Å²) < 4.78 is 19.8. The lowest BCUT2D eigenvalue weighted by molar-refractivity contribution is -0.111. The summed E-state index contributed by atoms with van der Waals surface area (Å²) in [5, 5.41) is 0. The fourth-order valence-corrected chi connectivity index (χ4v) is 2.26. The molecule has 0 aliphatic heterocycles. The maximum absolute atomic E-state index is 12.0. The summed E-state index contributed by atoms with van der Waals surface area (Å²) >= 11 is 0. The first-order valence-corrected chi connectivity index (χ1v) is 5.94. The Balaban J connectivity index is 2.93. The second-order valence-corrected chi connectivity index (χ2v) is 5.04. The summed E-state index contributed by atoms with van der Waals surface area (Å²) in [5.41, 5.74) is -0.828. The van der Waals surface area contributed by atoms with Crippen molar-refractivity contribution in [3.63, 3.8) is 0 Å². The molecular weight excluding hydrogens is 226 g/mol. The van der Waals surface area contributed by atoms with Crippen molar-refractivity contribution in [2.75, 3.05) is 7.11 Å². The third-order valence-corrected chi connectivity index (χ3v) is 3.37. The number of hydrogen-bond donors (Lipinski definition) is 1. The minimum absolute atomic E-state index is 0.528. The van der Waals surface area contributed by atoms with Crippen LogP contribution in [0.5, 0.6) is 5.75 Å². The molecule has 0 fully saturated rings. The first kappa shape index (κ1) is 12.9. The zero-order chi connectivity index (χ0) is 12.2. The Morgan fingerprint density at radius 2 is 2.00 bits per heavy atom. The Bertz CT molecular complexity index is 404. The number of carbonyl (C=O) groups excluding carboxylic acids is 1. The van der Waals surface area contributed by atoms with E-state index in [-0.39, 0.29) is 0 Å². The van der Waals surface area contributed by atoms with Crippen LogP contribution in [-0.4, -0.2) is 23.1 Å². The molecule has 1 unspecified atom stereocenters. The molecule has 0 radical (unpaired) electrons. The fourth-order valence-electron chi connectivity index (χ4n) is 1.09. The van der Waals surface area contributed by atoms with E-state index >= 15 is 0 Å². The van der Waals surface area contributed by atoms with Gasteiger partial charge in [0.25, 0.3) is 0 Å². The van der Waals surface area contributed by atoms with Gasteiger partial charge in [0.15, 0.2) is 0 Å². The molecule has 1 aromatic carbocycles. The number of hydrogen-bond acceptors (Lipinski definition) is 3. The third-order valence-electron chi connectivity index (χ3n) is 1.92. The van der Waals surface area contributed by atoms with Gasteiger partial charge in [0.1, 0.15) is 23.0 Å². The second-order valence-electron chi connectivity index (χ2n) is 3.86. The fraction of sp³-hybridized carbons (Fsp3) is 0.364. The van der Waals surface area contributed by atoms with Crippen LogP contribution < -0.4 is 9.46 Å². The molecule has 16 heavy (non-hydrogen) atoms. The molecule has 0 heterocycles. The largest absolute Gasteiger partial charge is 0.495 e. The van der Waals surface area contributed by atoms with Crippen molar-refractivity contribution in [2.45, 2.75) is 24.3 Å². The van der Waals surface area contributed by atoms with Crippen LogP contribution in [0.1, 0.15) is 13.8 Å². The van der Waals surface area contributed by atoms with Gasteiger partial charge in [-0.2, -0.15) is 0 Å². The highest BCUT2D eigenvalue weighted by Crippen LogP contribution is 2.21. The Kier molecular flexibility index (Phi) is 4.20. The van der Waals surface area contributed by atoms with Gasteiger partial charge < -0.3 is 9.53 Å². The molecule has 5 heteroatoms. The SMILES string of the molecule is COc1ccccc1S(=O)NC(C)(C)C=O. The van der Waals surface area contributed by atoms with E-state index in [2.05, 4.69) is 4.72 Å². The molecule has 1 N–H and O–H groups in total. The maximum atomic E-state index is 12.0. The summed E-state index contributed by atoms with van der Waals surface area (Å²) in [6.07, 6.45) is 0.723. The average Bonchev–Trinajstić information content (AvgIpc) is 2.28. The topological polar surface area (TPSA) is 55.4 Å². The molecule has 0 aromatic heterocycles. The zero-order valence-electron chi connectivity index (χ0n) is 9.52. The lowest BCUT2D eigenvalue weighted by Crippen LogP contribution is -2.41. The molecule has 88 valence electrons. The summed E-state index contributed by atoms with van der Waals surface area (Å²) in [6, 6.07) is 6.99. The third kappa shape index (κ3) is 3.15. The van der Waals surface area contributed by atoms with E-state index in [0.717, 1.165) is 6.29 Å². The molecule has 1 rings (SSSR count). The number of benzene rings is 1. The smallest absolute Gasteiger partial charge is 0.140 e. The Hall–Kier alpha value is -1.20. The minimum Gasteiger partial charge on any atom is -0.495 e. The van der Waals surface area contributed by atoms with E-state index in [1.807, 2.05) is 0 Å². The number of ether oxygens (including phenoxy) is 1. The summed E-state index contributed by atoms with van der Waals surface area (Å²) in [5.74, 6) is 0.537. The summed E-state index contributed by atoms with van der Waals surface area (Å²) in [6.45, 7) is 3.32. The monoisotopic (exact) mass is 241 g/mol. The minimum atomic E-state index is -1.47. The van der Waals surface area contributed by atoms with Gasteiger partial charge in [-0.1, -0.05) is 12.1 Å².